The van der Waals surface area contributed by atoms with Gasteiger partial charge in [-0.2, -0.15) is 0 Å². The molecule has 0 spiro atoms. The first kappa shape index (κ1) is 18.3. The molecule has 0 bridgehead atoms. The number of hydrogen-bond donors (Lipinski definition) is 2. The lowest BCUT2D eigenvalue weighted by Crippen LogP contribution is -2.17. The SMILES string of the molecule is CCOc1ccc(NC(=O)c2c(NC(=O)c3ccco3)sc3c2CCC3)cc1. The summed E-state index contributed by atoms with van der Waals surface area (Å²) in [5.41, 5.74) is 2.25. The Morgan fingerprint density at radius 2 is 1.93 bits per heavy atom. The molecule has 6 nitrogen and oxygen atoms in total. The number of carbonyl (C=O) groups excluding carboxylic acids is 2. The van der Waals surface area contributed by atoms with Gasteiger partial charge in [-0.25, -0.2) is 0 Å². The lowest BCUT2D eigenvalue weighted by atomic mass is 10.1. The summed E-state index contributed by atoms with van der Waals surface area (Å²) in [5, 5.41) is 6.33. The molecule has 1 aromatic carbocycles. The molecule has 2 amide bonds. The van der Waals surface area contributed by atoms with Gasteiger partial charge < -0.3 is 19.8 Å². The van der Waals surface area contributed by atoms with Crippen LogP contribution in [0.15, 0.2) is 47.1 Å². The monoisotopic (exact) mass is 396 g/mol. The van der Waals surface area contributed by atoms with E-state index in [2.05, 4.69) is 10.6 Å². The van der Waals surface area contributed by atoms with E-state index in [0.717, 1.165) is 35.5 Å². The Bertz CT molecular complexity index is 990. The number of nitrogens with one attached hydrogen (secondary N) is 2. The first-order valence-corrected chi connectivity index (χ1v) is 10.0. The van der Waals surface area contributed by atoms with Gasteiger partial charge in [0.1, 0.15) is 10.8 Å². The fourth-order valence-electron chi connectivity index (χ4n) is 3.30. The number of thiophene rings is 1. The maximum atomic E-state index is 13.0. The van der Waals surface area contributed by atoms with Crippen molar-refractivity contribution in [3.8, 4) is 5.75 Å². The second-order valence-electron chi connectivity index (χ2n) is 6.40. The van der Waals surface area contributed by atoms with E-state index < -0.39 is 0 Å². The van der Waals surface area contributed by atoms with Crippen LogP contribution < -0.4 is 15.4 Å². The molecule has 0 fully saturated rings. The van der Waals surface area contributed by atoms with Gasteiger partial charge in [0.05, 0.1) is 18.4 Å². The van der Waals surface area contributed by atoms with E-state index in [1.165, 1.54) is 17.6 Å². The van der Waals surface area contributed by atoms with E-state index in [4.69, 9.17) is 9.15 Å². The van der Waals surface area contributed by atoms with Crippen LogP contribution in [0.1, 0.15) is 44.7 Å². The summed E-state index contributed by atoms with van der Waals surface area (Å²) in [6, 6.07) is 10.5. The van der Waals surface area contributed by atoms with Crippen molar-refractivity contribution in [1.29, 1.82) is 0 Å². The topological polar surface area (TPSA) is 80.6 Å². The molecule has 2 aromatic heterocycles. The molecule has 7 heteroatoms. The number of fused-ring (bicyclic) bond motifs is 1. The fourth-order valence-corrected chi connectivity index (χ4v) is 4.58. The Labute approximate surface area is 166 Å². The Morgan fingerprint density at radius 1 is 1.11 bits per heavy atom. The Balaban J connectivity index is 1.57. The van der Waals surface area contributed by atoms with Crippen LogP contribution in [0.4, 0.5) is 10.7 Å². The summed E-state index contributed by atoms with van der Waals surface area (Å²) in [6.45, 7) is 2.51. The second-order valence-corrected chi connectivity index (χ2v) is 7.51. The first-order valence-electron chi connectivity index (χ1n) is 9.19. The van der Waals surface area contributed by atoms with Gasteiger partial charge >= 0.3 is 0 Å². The highest BCUT2D eigenvalue weighted by molar-refractivity contribution is 7.17. The lowest BCUT2D eigenvalue weighted by Gasteiger charge is -2.10. The molecule has 2 heterocycles. The van der Waals surface area contributed by atoms with E-state index >= 15 is 0 Å². The molecule has 0 aliphatic heterocycles. The van der Waals surface area contributed by atoms with Gasteiger partial charge in [0, 0.05) is 10.6 Å². The van der Waals surface area contributed by atoms with Crippen LogP contribution >= 0.6 is 11.3 Å². The highest BCUT2D eigenvalue weighted by Gasteiger charge is 2.28. The van der Waals surface area contributed by atoms with E-state index in [-0.39, 0.29) is 17.6 Å². The third kappa shape index (κ3) is 3.66. The zero-order valence-corrected chi connectivity index (χ0v) is 16.2. The Morgan fingerprint density at radius 3 is 2.64 bits per heavy atom. The smallest absolute Gasteiger partial charge is 0.291 e. The number of rotatable bonds is 6. The van der Waals surface area contributed by atoms with Crippen LogP contribution in [-0.4, -0.2) is 18.4 Å². The van der Waals surface area contributed by atoms with E-state index in [1.807, 2.05) is 19.1 Å². The van der Waals surface area contributed by atoms with Crippen LogP contribution in [0.25, 0.3) is 0 Å². The van der Waals surface area contributed by atoms with E-state index in [9.17, 15) is 9.59 Å². The summed E-state index contributed by atoms with van der Waals surface area (Å²) in [7, 11) is 0. The minimum atomic E-state index is -0.361. The summed E-state index contributed by atoms with van der Waals surface area (Å²) in [5.74, 6) is 0.383. The van der Waals surface area contributed by atoms with Crippen LogP contribution in [0, 0.1) is 0 Å². The average Bonchev–Trinajstić information content (AvgIpc) is 3.40. The average molecular weight is 396 g/mol. The summed E-state index contributed by atoms with van der Waals surface area (Å²) in [4.78, 5) is 26.6. The molecule has 0 atom stereocenters. The first-order chi connectivity index (χ1) is 13.7. The van der Waals surface area contributed by atoms with Crippen LogP contribution in [0.2, 0.25) is 0 Å². The third-order valence-electron chi connectivity index (χ3n) is 4.54. The lowest BCUT2D eigenvalue weighted by molar-refractivity contribution is 0.0997. The van der Waals surface area contributed by atoms with Crippen molar-refractivity contribution in [2.24, 2.45) is 0 Å². The predicted molar refractivity (Wildman–Crippen MR) is 109 cm³/mol. The van der Waals surface area contributed by atoms with Crippen molar-refractivity contribution >= 4 is 33.8 Å². The van der Waals surface area contributed by atoms with Gasteiger partial charge in [-0.1, -0.05) is 0 Å². The molecule has 3 aromatic rings. The van der Waals surface area contributed by atoms with Crippen molar-refractivity contribution in [3.63, 3.8) is 0 Å². The highest BCUT2D eigenvalue weighted by Crippen LogP contribution is 2.39. The summed E-state index contributed by atoms with van der Waals surface area (Å²) < 4.78 is 10.6. The molecule has 1 aliphatic carbocycles. The number of furan rings is 1. The molecule has 28 heavy (non-hydrogen) atoms. The van der Waals surface area contributed by atoms with Gasteiger partial charge in [0.25, 0.3) is 11.8 Å². The molecular weight excluding hydrogens is 376 g/mol. The van der Waals surface area contributed by atoms with Gasteiger partial charge in [-0.3, -0.25) is 9.59 Å². The largest absolute Gasteiger partial charge is 0.494 e. The number of aryl methyl sites for hydroxylation is 1. The van der Waals surface area contributed by atoms with Gasteiger partial charge in [0.2, 0.25) is 0 Å². The number of benzene rings is 1. The zero-order valence-electron chi connectivity index (χ0n) is 15.4. The van der Waals surface area contributed by atoms with Crippen molar-refractivity contribution in [1.82, 2.24) is 0 Å². The highest BCUT2D eigenvalue weighted by atomic mass is 32.1. The van der Waals surface area contributed by atoms with Crippen molar-refractivity contribution < 1.29 is 18.7 Å². The fraction of sp³-hybridized carbons (Fsp3) is 0.238. The number of amides is 2. The quantitative estimate of drug-likeness (QED) is 0.631. The Kier molecular flexibility index (Phi) is 5.16. The third-order valence-corrected chi connectivity index (χ3v) is 5.75. The number of hydrogen-bond acceptors (Lipinski definition) is 5. The molecule has 144 valence electrons. The standard InChI is InChI=1S/C21H20N2O4S/c1-2-26-14-10-8-13(9-11-14)22-20(25)18-15-5-3-7-17(15)28-21(18)23-19(24)16-6-4-12-27-16/h4,6,8-12H,2-3,5,7H2,1H3,(H,22,25)(H,23,24). The molecule has 0 saturated heterocycles. The number of carbonyl (C=O) groups is 2. The van der Waals surface area contributed by atoms with E-state index in [0.29, 0.717) is 22.9 Å². The van der Waals surface area contributed by atoms with Crippen molar-refractivity contribution in [2.75, 3.05) is 17.2 Å². The Hall–Kier alpha value is -3.06. The molecule has 1 aliphatic rings. The van der Waals surface area contributed by atoms with Crippen molar-refractivity contribution in [2.45, 2.75) is 26.2 Å². The minimum Gasteiger partial charge on any atom is -0.494 e. The maximum absolute atomic E-state index is 13.0. The molecule has 2 N–H and O–H groups in total. The second kappa shape index (κ2) is 7.90. The molecular formula is C21H20N2O4S. The van der Waals surface area contributed by atoms with Crippen LogP contribution in [0.5, 0.6) is 5.75 Å². The van der Waals surface area contributed by atoms with E-state index in [1.54, 1.807) is 24.3 Å². The summed E-state index contributed by atoms with van der Waals surface area (Å²) >= 11 is 1.47. The van der Waals surface area contributed by atoms with Gasteiger partial charge in [0.15, 0.2) is 5.76 Å². The maximum Gasteiger partial charge on any atom is 0.291 e. The predicted octanol–water partition coefficient (Wildman–Crippen LogP) is 4.73. The number of ether oxygens (including phenoxy) is 1. The molecule has 4 rings (SSSR count). The number of anilines is 2. The van der Waals surface area contributed by atoms with Gasteiger partial charge in [-0.05, 0) is 68.1 Å². The molecule has 0 saturated carbocycles. The molecule has 0 radical (unpaired) electrons. The minimum absolute atomic E-state index is 0.214. The van der Waals surface area contributed by atoms with Gasteiger partial charge in [-0.15, -0.1) is 11.3 Å². The van der Waals surface area contributed by atoms with Crippen LogP contribution in [0.3, 0.4) is 0 Å². The van der Waals surface area contributed by atoms with Crippen molar-refractivity contribution in [3.05, 3.63) is 64.4 Å². The van der Waals surface area contributed by atoms with Crippen LogP contribution in [-0.2, 0) is 12.8 Å². The zero-order chi connectivity index (χ0) is 19.5. The summed E-state index contributed by atoms with van der Waals surface area (Å²) in [6.07, 6.45) is 4.24. The normalized spacial score (nSPS) is 12.5. The molecule has 0 unspecified atom stereocenters.